The first-order chi connectivity index (χ1) is 16.9. The predicted molar refractivity (Wildman–Crippen MR) is 154 cm³/mol. The van der Waals surface area contributed by atoms with Gasteiger partial charge in [-0.25, -0.2) is 9.97 Å². The van der Waals surface area contributed by atoms with E-state index < -0.39 is 0 Å². The molecule has 0 saturated carbocycles. The van der Waals surface area contributed by atoms with E-state index >= 15 is 0 Å². The SMILES string of the molecule is CC(C)=CCC/C(C)=C/CC/C(C)=C/CSCC(Nc1ncccc1C)c1nc2ccccc2[nH]1. The summed E-state index contributed by atoms with van der Waals surface area (Å²) in [5.41, 5.74) is 7.56. The number of aromatic nitrogens is 3. The normalized spacial score (nSPS) is 13.2. The maximum Gasteiger partial charge on any atom is 0.130 e. The molecule has 0 fully saturated rings. The topological polar surface area (TPSA) is 53.6 Å². The fourth-order valence-corrected chi connectivity index (χ4v) is 4.87. The van der Waals surface area contributed by atoms with Gasteiger partial charge in [0, 0.05) is 17.7 Å². The Morgan fingerprint density at radius 1 is 0.971 bits per heavy atom. The zero-order valence-electron chi connectivity index (χ0n) is 21.9. The molecular weight excluding hydrogens is 448 g/mol. The summed E-state index contributed by atoms with van der Waals surface area (Å²) in [4.78, 5) is 12.9. The number of anilines is 1. The molecule has 0 bridgehead atoms. The summed E-state index contributed by atoms with van der Waals surface area (Å²) in [6, 6.07) is 12.3. The van der Waals surface area contributed by atoms with E-state index in [1.54, 1.807) is 0 Å². The van der Waals surface area contributed by atoms with Gasteiger partial charge in [0.15, 0.2) is 0 Å². The highest BCUT2D eigenvalue weighted by molar-refractivity contribution is 7.99. The fraction of sp³-hybridized carbons (Fsp3) is 0.400. The number of nitrogens with zero attached hydrogens (tertiary/aromatic N) is 2. The Labute approximate surface area is 215 Å². The standard InChI is InChI=1S/C30H40N4S/c1-22(2)11-8-12-23(3)13-9-14-24(4)18-20-35-21-28(34-29-25(5)15-10-19-31-29)30-32-26-16-6-7-17-27(26)33-30/h6-7,10-11,13,15-19,28H,8-9,12,14,20-21H2,1-5H3,(H,31,34)(H,32,33)/b23-13+,24-18+. The number of thioether (sulfide) groups is 1. The monoisotopic (exact) mass is 488 g/mol. The van der Waals surface area contributed by atoms with E-state index in [1.165, 1.54) is 16.7 Å². The van der Waals surface area contributed by atoms with Crippen LogP contribution in [0.3, 0.4) is 0 Å². The van der Waals surface area contributed by atoms with E-state index in [-0.39, 0.29) is 6.04 Å². The molecule has 0 spiro atoms. The second kappa shape index (κ2) is 13.9. The van der Waals surface area contributed by atoms with Gasteiger partial charge in [-0.2, -0.15) is 11.8 Å². The molecule has 3 aromatic rings. The molecule has 2 aromatic heterocycles. The van der Waals surface area contributed by atoms with Gasteiger partial charge in [-0.05, 0) is 84.1 Å². The van der Waals surface area contributed by atoms with Crippen molar-refractivity contribution < 1.29 is 0 Å². The van der Waals surface area contributed by atoms with Crippen LogP contribution in [-0.2, 0) is 0 Å². The average molecular weight is 489 g/mol. The lowest BCUT2D eigenvalue weighted by Crippen LogP contribution is -2.16. The van der Waals surface area contributed by atoms with Crippen LogP contribution in [-0.4, -0.2) is 26.5 Å². The number of aromatic amines is 1. The highest BCUT2D eigenvalue weighted by atomic mass is 32.2. The molecule has 0 saturated heterocycles. The summed E-state index contributed by atoms with van der Waals surface area (Å²) in [5.74, 6) is 3.77. The van der Waals surface area contributed by atoms with Gasteiger partial charge in [0.05, 0.1) is 17.1 Å². The number of H-pyrrole nitrogens is 1. The number of aryl methyl sites for hydroxylation is 1. The predicted octanol–water partition coefficient (Wildman–Crippen LogP) is 8.57. The minimum absolute atomic E-state index is 0.0566. The van der Waals surface area contributed by atoms with Crippen molar-refractivity contribution >= 4 is 28.6 Å². The average Bonchev–Trinajstić information content (AvgIpc) is 3.26. The number of imidazole rings is 1. The first-order valence-electron chi connectivity index (χ1n) is 12.6. The summed E-state index contributed by atoms with van der Waals surface area (Å²) in [6.07, 6.45) is 13.5. The molecule has 35 heavy (non-hydrogen) atoms. The van der Waals surface area contributed by atoms with Crippen molar-refractivity contribution in [1.82, 2.24) is 15.0 Å². The zero-order valence-corrected chi connectivity index (χ0v) is 22.7. The van der Waals surface area contributed by atoms with Crippen LogP contribution >= 0.6 is 11.8 Å². The lowest BCUT2D eigenvalue weighted by molar-refractivity contribution is 0.818. The van der Waals surface area contributed by atoms with Crippen LogP contribution in [0.2, 0.25) is 0 Å². The Bertz CT molecular complexity index is 1130. The molecule has 0 aliphatic rings. The van der Waals surface area contributed by atoms with Crippen LogP contribution in [0.15, 0.2) is 77.5 Å². The van der Waals surface area contributed by atoms with Crippen LogP contribution in [0.25, 0.3) is 11.0 Å². The van der Waals surface area contributed by atoms with Crippen molar-refractivity contribution in [2.75, 3.05) is 16.8 Å². The van der Waals surface area contributed by atoms with Gasteiger partial charge in [-0.15, -0.1) is 0 Å². The van der Waals surface area contributed by atoms with Gasteiger partial charge >= 0.3 is 0 Å². The van der Waals surface area contributed by atoms with Crippen LogP contribution < -0.4 is 5.32 Å². The molecule has 0 radical (unpaired) electrons. The Kier molecular flexibility index (Phi) is 10.7. The van der Waals surface area contributed by atoms with Crippen molar-refractivity contribution in [1.29, 1.82) is 0 Å². The first-order valence-corrected chi connectivity index (χ1v) is 13.7. The Morgan fingerprint density at radius 3 is 2.46 bits per heavy atom. The Morgan fingerprint density at radius 2 is 1.71 bits per heavy atom. The molecule has 1 unspecified atom stereocenters. The highest BCUT2D eigenvalue weighted by Crippen LogP contribution is 2.25. The molecule has 1 aromatic carbocycles. The number of nitrogens with one attached hydrogen (secondary N) is 2. The van der Waals surface area contributed by atoms with E-state index in [2.05, 4.69) is 86.3 Å². The summed E-state index contributed by atoms with van der Waals surface area (Å²) >= 11 is 1.92. The minimum Gasteiger partial charge on any atom is -0.359 e. The fourth-order valence-electron chi connectivity index (χ4n) is 3.85. The molecule has 4 nitrogen and oxygen atoms in total. The maximum atomic E-state index is 4.86. The minimum atomic E-state index is 0.0566. The number of para-hydroxylation sites is 2. The molecule has 0 aliphatic carbocycles. The van der Waals surface area contributed by atoms with Crippen molar-refractivity contribution in [3.05, 3.63) is 88.9 Å². The zero-order chi connectivity index (χ0) is 25.0. The van der Waals surface area contributed by atoms with Gasteiger partial charge in [-0.3, -0.25) is 0 Å². The third-order valence-corrected chi connectivity index (χ3v) is 6.99. The van der Waals surface area contributed by atoms with Crippen LogP contribution in [0, 0.1) is 6.92 Å². The second-order valence-electron chi connectivity index (χ2n) is 9.50. The van der Waals surface area contributed by atoms with Crippen LogP contribution in [0.5, 0.6) is 0 Å². The number of pyridine rings is 1. The molecule has 3 rings (SSSR count). The molecule has 0 amide bonds. The third kappa shape index (κ3) is 9.06. The van der Waals surface area contributed by atoms with E-state index in [1.807, 2.05) is 36.2 Å². The summed E-state index contributed by atoms with van der Waals surface area (Å²) < 4.78 is 0. The van der Waals surface area contributed by atoms with Gasteiger partial charge in [-0.1, -0.05) is 53.1 Å². The number of fused-ring (bicyclic) bond motifs is 1. The van der Waals surface area contributed by atoms with Crippen molar-refractivity contribution in [3.63, 3.8) is 0 Å². The third-order valence-electron chi connectivity index (χ3n) is 6.02. The molecular formula is C30H40N4S. The summed E-state index contributed by atoms with van der Waals surface area (Å²) in [5, 5.41) is 3.62. The molecule has 0 aliphatic heterocycles. The maximum absolute atomic E-state index is 4.86. The van der Waals surface area contributed by atoms with Crippen LogP contribution in [0.4, 0.5) is 5.82 Å². The lowest BCUT2D eigenvalue weighted by atomic mass is 10.1. The second-order valence-corrected chi connectivity index (χ2v) is 10.6. The molecule has 1 atom stereocenters. The van der Waals surface area contributed by atoms with Gasteiger partial charge in [0.2, 0.25) is 0 Å². The van der Waals surface area contributed by atoms with E-state index in [9.17, 15) is 0 Å². The number of hydrogen-bond donors (Lipinski definition) is 2. The van der Waals surface area contributed by atoms with E-state index in [4.69, 9.17) is 4.98 Å². The quantitative estimate of drug-likeness (QED) is 0.187. The summed E-state index contributed by atoms with van der Waals surface area (Å²) in [6.45, 7) is 10.9. The van der Waals surface area contributed by atoms with Gasteiger partial charge in [0.1, 0.15) is 11.6 Å². The number of rotatable bonds is 13. The molecule has 5 heteroatoms. The van der Waals surface area contributed by atoms with Gasteiger partial charge < -0.3 is 10.3 Å². The van der Waals surface area contributed by atoms with Crippen molar-refractivity contribution in [2.24, 2.45) is 0 Å². The largest absolute Gasteiger partial charge is 0.359 e. The number of benzene rings is 1. The summed E-state index contributed by atoms with van der Waals surface area (Å²) in [7, 11) is 0. The smallest absolute Gasteiger partial charge is 0.130 e. The Balaban J connectivity index is 1.55. The molecule has 2 heterocycles. The van der Waals surface area contributed by atoms with Crippen molar-refractivity contribution in [2.45, 2.75) is 66.3 Å². The van der Waals surface area contributed by atoms with Crippen molar-refractivity contribution in [3.8, 4) is 0 Å². The first kappa shape index (κ1) is 26.8. The highest BCUT2D eigenvalue weighted by Gasteiger charge is 2.17. The number of hydrogen-bond acceptors (Lipinski definition) is 4. The van der Waals surface area contributed by atoms with E-state index in [0.717, 1.165) is 65.4 Å². The van der Waals surface area contributed by atoms with E-state index in [0.29, 0.717) is 0 Å². The van der Waals surface area contributed by atoms with Crippen LogP contribution in [0.1, 0.15) is 70.8 Å². The lowest BCUT2D eigenvalue weighted by Gasteiger charge is -2.18. The molecule has 2 N–H and O–H groups in total. The van der Waals surface area contributed by atoms with Gasteiger partial charge in [0.25, 0.3) is 0 Å². The number of allylic oxidation sites excluding steroid dienone is 5. The molecule has 186 valence electrons. The Hall–Kier alpha value is -2.79.